The molecule has 0 aliphatic carbocycles. The summed E-state index contributed by atoms with van der Waals surface area (Å²) >= 11 is 0. The van der Waals surface area contributed by atoms with Crippen molar-refractivity contribution < 1.29 is 5.11 Å². The third-order valence-corrected chi connectivity index (χ3v) is 4.05. The Balaban J connectivity index is 2.16. The van der Waals surface area contributed by atoms with Gasteiger partial charge in [-0.25, -0.2) is 0 Å². The van der Waals surface area contributed by atoms with Crippen LogP contribution in [0.25, 0.3) is 0 Å². The number of hydrogen-bond donors (Lipinski definition) is 1. The van der Waals surface area contributed by atoms with Gasteiger partial charge in [-0.3, -0.25) is 4.90 Å². The van der Waals surface area contributed by atoms with Crippen LogP contribution in [0.5, 0.6) is 0 Å². The van der Waals surface area contributed by atoms with Crippen molar-refractivity contribution >= 4 is 0 Å². The van der Waals surface area contributed by atoms with Crippen LogP contribution in [0.4, 0.5) is 0 Å². The highest BCUT2D eigenvalue weighted by molar-refractivity contribution is 4.85. The normalized spacial score (nSPS) is 28.2. The third-order valence-electron chi connectivity index (χ3n) is 4.05. The van der Waals surface area contributed by atoms with Crippen LogP contribution < -0.4 is 0 Å². The van der Waals surface area contributed by atoms with Gasteiger partial charge in [-0.05, 0) is 39.7 Å². The van der Waals surface area contributed by atoms with Gasteiger partial charge in [0, 0.05) is 12.6 Å². The molecule has 0 spiro atoms. The second-order valence-corrected chi connectivity index (χ2v) is 6.12. The quantitative estimate of drug-likeness (QED) is 0.689. The second-order valence-electron chi connectivity index (χ2n) is 6.12. The van der Waals surface area contributed by atoms with Gasteiger partial charge >= 0.3 is 0 Å². The molecule has 1 aliphatic rings. The van der Waals surface area contributed by atoms with Gasteiger partial charge < -0.3 is 5.11 Å². The summed E-state index contributed by atoms with van der Waals surface area (Å²) < 4.78 is 0. The van der Waals surface area contributed by atoms with E-state index in [-0.39, 0.29) is 0 Å². The topological polar surface area (TPSA) is 23.5 Å². The first-order chi connectivity index (χ1) is 8.05. The molecule has 2 atom stereocenters. The lowest BCUT2D eigenvalue weighted by atomic mass is 9.93. The van der Waals surface area contributed by atoms with Crippen molar-refractivity contribution in [3.8, 4) is 0 Å². The van der Waals surface area contributed by atoms with Crippen molar-refractivity contribution in [1.82, 2.24) is 4.90 Å². The third kappa shape index (κ3) is 5.87. The summed E-state index contributed by atoms with van der Waals surface area (Å²) in [5.41, 5.74) is -0.450. The number of unbranched alkanes of at least 4 members (excludes halogenated alkanes) is 4. The first-order valence-corrected chi connectivity index (χ1v) is 7.51. The number of likely N-dealkylation sites (tertiary alicyclic amines) is 1. The van der Waals surface area contributed by atoms with E-state index in [1.807, 2.05) is 6.92 Å². The van der Waals surface area contributed by atoms with Gasteiger partial charge in [-0.1, -0.05) is 39.0 Å². The highest BCUT2D eigenvalue weighted by atomic mass is 16.3. The molecule has 0 radical (unpaired) electrons. The first kappa shape index (κ1) is 15.0. The fourth-order valence-electron chi connectivity index (χ4n) is 2.86. The number of β-amino-alcohol motifs (C(OH)–C–C–N with tert-alkyl or cyclic N) is 1. The lowest BCUT2D eigenvalue weighted by molar-refractivity contribution is -0.0288. The van der Waals surface area contributed by atoms with E-state index in [0.29, 0.717) is 6.04 Å². The molecule has 102 valence electrons. The average molecular weight is 241 g/mol. The minimum absolute atomic E-state index is 0.450. The molecular weight excluding hydrogens is 210 g/mol. The van der Waals surface area contributed by atoms with Crippen LogP contribution in [0.1, 0.15) is 72.1 Å². The Morgan fingerprint density at radius 2 is 1.94 bits per heavy atom. The Labute approximate surface area is 107 Å². The summed E-state index contributed by atoms with van der Waals surface area (Å²) in [5.74, 6) is 0. The van der Waals surface area contributed by atoms with E-state index in [1.165, 1.54) is 45.1 Å². The summed E-state index contributed by atoms with van der Waals surface area (Å²) in [6.07, 6.45) is 10.2. The van der Waals surface area contributed by atoms with Gasteiger partial charge in [0.2, 0.25) is 0 Å². The van der Waals surface area contributed by atoms with E-state index >= 15 is 0 Å². The maximum absolute atomic E-state index is 10.1. The Kier molecular flexibility index (Phi) is 6.50. The number of hydrogen-bond acceptors (Lipinski definition) is 2. The molecule has 1 rings (SSSR count). The zero-order valence-electron chi connectivity index (χ0n) is 12.0. The standard InChI is InChI=1S/C15H31NO/c1-4-5-6-7-8-10-14(2)16-12-9-11-15(3,17)13-16/h14,17H,4-13H2,1-3H3/t14?,15-/m1/s1. The molecule has 0 aromatic carbocycles. The predicted molar refractivity (Wildman–Crippen MR) is 74.3 cm³/mol. The number of aliphatic hydroxyl groups is 1. The van der Waals surface area contributed by atoms with Crippen LogP contribution in [0.15, 0.2) is 0 Å². The van der Waals surface area contributed by atoms with E-state index in [4.69, 9.17) is 0 Å². The minimum atomic E-state index is -0.450. The van der Waals surface area contributed by atoms with Crippen LogP contribution in [0.3, 0.4) is 0 Å². The number of rotatable bonds is 7. The van der Waals surface area contributed by atoms with Gasteiger partial charge in [-0.2, -0.15) is 0 Å². The van der Waals surface area contributed by atoms with Crippen LogP contribution in [0, 0.1) is 0 Å². The van der Waals surface area contributed by atoms with E-state index in [1.54, 1.807) is 0 Å². The Hall–Kier alpha value is -0.0800. The van der Waals surface area contributed by atoms with Crippen molar-refractivity contribution in [3.05, 3.63) is 0 Å². The molecule has 2 heteroatoms. The molecule has 2 nitrogen and oxygen atoms in total. The van der Waals surface area contributed by atoms with Crippen molar-refractivity contribution in [2.24, 2.45) is 0 Å². The molecule has 0 aromatic heterocycles. The lowest BCUT2D eigenvalue weighted by Crippen LogP contribution is -2.49. The summed E-state index contributed by atoms with van der Waals surface area (Å²) in [5, 5.41) is 10.1. The molecule has 1 N–H and O–H groups in total. The molecule has 0 bridgehead atoms. The van der Waals surface area contributed by atoms with Gasteiger partial charge in [0.25, 0.3) is 0 Å². The molecule has 1 heterocycles. The van der Waals surface area contributed by atoms with Crippen LogP contribution in [-0.4, -0.2) is 34.7 Å². The van der Waals surface area contributed by atoms with Gasteiger partial charge in [0.15, 0.2) is 0 Å². The second kappa shape index (κ2) is 7.38. The highest BCUT2D eigenvalue weighted by Crippen LogP contribution is 2.23. The molecule has 1 aliphatic heterocycles. The van der Waals surface area contributed by atoms with Gasteiger partial charge in [-0.15, -0.1) is 0 Å². The molecule has 17 heavy (non-hydrogen) atoms. The minimum Gasteiger partial charge on any atom is -0.389 e. The SMILES string of the molecule is CCCCCCCC(C)N1CCC[C@@](C)(O)C1. The molecule has 0 amide bonds. The van der Waals surface area contributed by atoms with Crippen LogP contribution in [0.2, 0.25) is 0 Å². The molecule has 0 aromatic rings. The molecule has 1 fully saturated rings. The smallest absolute Gasteiger partial charge is 0.0746 e. The van der Waals surface area contributed by atoms with Crippen LogP contribution >= 0.6 is 0 Å². The highest BCUT2D eigenvalue weighted by Gasteiger charge is 2.30. The van der Waals surface area contributed by atoms with E-state index in [0.717, 1.165) is 19.4 Å². The molecule has 1 saturated heterocycles. The van der Waals surface area contributed by atoms with E-state index in [9.17, 15) is 5.11 Å². The monoisotopic (exact) mass is 241 g/mol. The molecule has 1 unspecified atom stereocenters. The summed E-state index contributed by atoms with van der Waals surface area (Å²) in [7, 11) is 0. The Bertz CT molecular complexity index is 203. The summed E-state index contributed by atoms with van der Waals surface area (Å²) in [6.45, 7) is 8.60. The van der Waals surface area contributed by atoms with Crippen molar-refractivity contribution in [2.75, 3.05) is 13.1 Å². The maximum Gasteiger partial charge on any atom is 0.0746 e. The van der Waals surface area contributed by atoms with Gasteiger partial charge in [0.1, 0.15) is 0 Å². The first-order valence-electron chi connectivity index (χ1n) is 7.51. The summed E-state index contributed by atoms with van der Waals surface area (Å²) in [6, 6.07) is 0.642. The average Bonchev–Trinajstić information content (AvgIpc) is 2.27. The van der Waals surface area contributed by atoms with Crippen molar-refractivity contribution in [3.63, 3.8) is 0 Å². The van der Waals surface area contributed by atoms with E-state index < -0.39 is 5.60 Å². The fourth-order valence-corrected chi connectivity index (χ4v) is 2.86. The van der Waals surface area contributed by atoms with Crippen molar-refractivity contribution in [1.29, 1.82) is 0 Å². The van der Waals surface area contributed by atoms with Crippen LogP contribution in [-0.2, 0) is 0 Å². The Morgan fingerprint density at radius 3 is 2.59 bits per heavy atom. The fraction of sp³-hybridized carbons (Fsp3) is 1.00. The lowest BCUT2D eigenvalue weighted by Gasteiger charge is -2.40. The van der Waals surface area contributed by atoms with Gasteiger partial charge in [0.05, 0.1) is 5.60 Å². The zero-order valence-corrected chi connectivity index (χ0v) is 12.0. The molecule has 0 saturated carbocycles. The summed E-state index contributed by atoms with van der Waals surface area (Å²) in [4.78, 5) is 2.48. The van der Waals surface area contributed by atoms with E-state index in [2.05, 4.69) is 18.7 Å². The molecular formula is C15H31NO. The maximum atomic E-state index is 10.1. The number of piperidine rings is 1. The van der Waals surface area contributed by atoms with Crippen molar-refractivity contribution in [2.45, 2.75) is 83.8 Å². The predicted octanol–water partition coefficient (Wildman–Crippen LogP) is 3.58. The Morgan fingerprint density at radius 1 is 1.24 bits per heavy atom. The zero-order chi connectivity index (χ0) is 12.7. The number of nitrogens with zero attached hydrogens (tertiary/aromatic N) is 1. The largest absolute Gasteiger partial charge is 0.389 e.